The maximum absolute atomic E-state index is 13.6. The number of nitrogens with one attached hydrogen (secondary N) is 1. The zero-order valence-corrected chi connectivity index (χ0v) is 18.2. The smallest absolute Gasteiger partial charge is 0.230 e. The van der Waals surface area contributed by atoms with E-state index in [1.807, 2.05) is 48.5 Å². The van der Waals surface area contributed by atoms with Crippen LogP contribution in [-0.2, 0) is 30.7 Å². The fourth-order valence-electron chi connectivity index (χ4n) is 4.19. The van der Waals surface area contributed by atoms with Crippen LogP contribution in [0.1, 0.15) is 22.4 Å². The van der Waals surface area contributed by atoms with Crippen LogP contribution in [0.15, 0.2) is 66.7 Å². The summed E-state index contributed by atoms with van der Waals surface area (Å²) in [4.78, 5) is 22.5. The van der Waals surface area contributed by atoms with Gasteiger partial charge in [0.25, 0.3) is 0 Å². The first-order valence-corrected chi connectivity index (χ1v) is 10.9. The Kier molecular flexibility index (Phi) is 5.86. The summed E-state index contributed by atoms with van der Waals surface area (Å²) in [7, 11) is 0. The number of aliphatic hydroxyl groups is 1. The topological polar surface area (TPSA) is 75.1 Å². The van der Waals surface area contributed by atoms with Crippen LogP contribution in [0.3, 0.4) is 0 Å². The van der Waals surface area contributed by atoms with Crippen LogP contribution in [0.4, 0.5) is 14.6 Å². The lowest BCUT2D eigenvalue weighted by atomic mass is 9.90. The van der Waals surface area contributed by atoms with Gasteiger partial charge >= 0.3 is 0 Å². The average Bonchev–Trinajstić information content (AvgIpc) is 2.86. The van der Waals surface area contributed by atoms with Crippen molar-refractivity contribution in [3.05, 3.63) is 101 Å². The van der Waals surface area contributed by atoms with Gasteiger partial charge in [-0.15, -0.1) is 0 Å². The van der Waals surface area contributed by atoms with Crippen LogP contribution in [0, 0.1) is 11.6 Å². The van der Waals surface area contributed by atoms with Crippen LogP contribution >= 0.6 is 0 Å². The summed E-state index contributed by atoms with van der Waals surface area (Å²) >= 11 is 0. The molecule has 170 valence electrons. The number of aryl methyl sites for hydroxylation is 2. The largest absolute Gasteiger partial charge is 0.392 e. The predicted molar refractivity (Wildman–Crippen MR) is 125 cm³/mol. The molecule has 0 atom stereocenters. The van der Waals surface area contributed by atoms with Crippen LogP contribution in [0.5, 0.6) is 0 Å². The van der Waals surface area contributed by atoms with E-state index in [9.17, 15) is 18.7 Å². The van der Waals surface area contributed by atoms with Crippen molar-refractivity contribution < 1.29 is 18.7 Å². The number of anilines is 1. The summed E-state index contributed by atoms with van der Waals surface area (Å²) < 4.78 is 26.8. The maximum Gasteiger partial charge on any atom is 0.230 e. The number of hydrogen-bond acceptors (Lipinski definition) is 4. The molecule has 1 aliphatic carbocycles. The number of rotatable bonds is 5. The van der Waals surface area contributed by atoms with Gasteiger partial charge in [0, 0.05) is 11.1 Å². The van der Waals surface area contributed by atoms with E-state index in [-0.39, 0.29) is 13.0 Å². The molecule has 2 N–H and O–H groups in total. The zero-order valence-electron chi connectivity index (χ0n) is 18.2. The Balaban J connectivity index is 1.53. The van der Waals surface area contributed by atoms with E-state index in [1.54, 1.807) is 0 Å². The number of fused-ring (bicyclic) bond motifs is 3. The highest BCUT2D eigenvalue weighted by Gasteiger charge is 2.23. The standard InChI is InChI=1S/C27H21F2N3O2/c28-21-10-7-16(13-22(21)29)14-24(34)31-27-25(18-4-2-1-3-5-18)32-26-20-9-6-17(15-33)12-19(20)8-11-23(26)30-27/h1-7,9-10,12-13,33H,8,11,14-15H2,(H,30,31,34). The summed E-state index contributed by atoms with van der Waals surface area (Å²) in [6, 6.07) is 18.6. The Morgan fingerprint density at radius 3 is 2.44 bits per heavy atom. The quantitative estimate of drug-likeness (QED) is 0.449. The molecule has 0 aliphatic heterocycles. The molecular formula is C27H21F2N3O2. The van der Waals surface area contributed by atoms with Gasteiger partial charge in [-0.25, -0.2) is 18.7 Å². The van der Waals surface area contributed by atoms with Crippen molar-refractivity contribution in [2.45, 2.75) is 25.9 Å². The van der Waals surface area contributed by atoms with Crippen molar-refractivity contribution in [2.24, 2.45) is 0 Å². The summed E-state index contributed by atoms with van der Waals surface area (Å²) in [5.41, 5.74) is 6.11. The van der Waals surface area contributed by atoms with Gasteiger partial charge in [-0.1, -0.05) is 54.6 Å². The fourth-order valence-corrected chi connectivity index (χ4v) is 4.19. The van der Waals surface area contributed by atoms with Crippen molar-refractivity contribution in [1.29, 1.82) is 0 Å². The molecule has 0 saturated heterocycles. The summed E-state index contributed by atoms with van der Waals surface area (Å²) in [6.45, 7) is -0.0238. The van der Waals surface area contributed by atoms with Crippen molar-refractivity contribution in [2.75, 3.05) is 5.32 Å². The highest BCUT2D eigenvalue weighted by molar-refractivity contribution is 5.95. The van der Waals surface area contributed by atoms with Crippen molar-refractivity contribution in [3.63, 3.8) is 0 Å². The molecule has 1 aliphatic rings. The van der Waals surface area contributed by atoms with Gasteiger partial charge in [0.1, 0.15) is 5.69 Å². The lowest BCUT2D eigenvalue weighted by Gasteiger charge is -2.21. The van der Waals surface area contributed by atoms with Crippen LogP contribution in [0.25, 0.3) is 22.5 Å². The maximum atomic E-state index is 13.6. The summed E-state index contributed by atoms with van der Waals surface area (Å²) in [5, 5.41) is 12.3. The Bertz CT molecular complexity index is 1390. The molecule has 4 aromatic rings. The van der Waals surface area contributed by atoms with Crippen LogP contribution < -0.4 is 5.32 Å². The van der Waals surface area contributed by atoms with Crippen molar-refractivity contribution >= 4 is 11.7 Å². The molecule has 0 saturated carbocycles. The number of carbonyl (C=O) groups is 1. The van der Waals surface area contributed by atoms with Crippen molar-refractivity contribution in [3.8, 4) is 22.5 Å². The molecule has 0 radical (unpaired) electrons. The summed E-state index contributed by atoms with van der Waals surface area (Å²) in [6.07, 6.45) is 1.26. The van der Waals surface area contributed by atoms with Gasteiger partial charge in [-0.2, -0.15) is 0 Å². The number of hydrogen-bond donors (Lipinski definition) is 2. The lowest BCUT2D eigenvalue weighted by molar-refractivity contribution is -0.115. The number of nitrogens with zero attached hydrogens (tertiary/aromatic N) is 2. The SMILES string of the molecule is O=C(Cc1ccc(F)c(F)c1)Nc1nc2c(nc1-c1ccccc1)-c1ccc(CO)cc1CC2. The van der Waals surface area contributed by atoms with E-state index in [4.69, 9.17) is 9.97 Å². The number of amides is 1. The molecule has 0 spiro atoms. The molecule has 7 heteroatoms. The predicted octanol–water partition coefficient (Wildman–Crippen LogP) is 4.86. The Hall–Kier alpha value is -3.97. The van der Waals surface area contributed by atoms with E-state index < -0.39 is 17.5 Å². The fraction of sp³-hybridized carbons (Fsp3) is 0.148. The molecule has 34 heavy (non-hydrogen) atoms. The molecule has 3 aromatic carbocycles. The second-order valence-corrected chi connectivity index (χ2v) is 8.21. The normalized spacial score (nSPS) is 12.1. The minimum atomic E-state index is -0.994. The number of benzene rings is 3. The minimum absolute atomic E-state index is 0.0238. The van der Waals surface area contributed by atoms with E-state index in [0.29, 0.717) is 23.5 Å². The molecule has 5 nitrogen and oxygen atoms in total. The molecular weight excluding hydrogens is 436 g/mol. The van der Waals surface area contributed by atoms with Gasteiger partial charge in [-0.05, 0) is 41.7 Å². The van der Waals surface area contributed by atoms with E-state index in [0.717, 1.165) is 52.2 Å². The highest BCUT2D eigenvalue weighted by Crippen LogP contribution is 2.36. The van der Waals surface area contributed by atoms with E-state index >= 15 is 0 Å². The van der Waals surface area contributed by atoms with Gasteiger partial charge in [0.05, 0.1) is 24.4 Å². The first kappa shape index (κ1) is 21.9. The third kappa shape index (κ3) is 4.30. The van der Waals surface area contributed by atoms with E-state index in [2.05, 4.69) is 5.32 Å². The molecule has 5 rings (SSSR count). The van der Waals surface area contributed by atoms with Gasteiger partial charge in [-0.3, -0.25) is 4.79 Å². The first-order chi connectivity index (χ1) is 16.5. The second kappa shape index (κ2) is 9.11. The molecule has 1 heterocycles. The second-order valence-electron chi connectivity index (χ2n) is 8.21. The Labute approximate surface area is 195 Å². The Morgan fingerprint density at radius 2 is 1.68 bits per heavy atom. The molecule has 1 amide bonds. The van der Waals surface area contributed by atoms with Gasteiger partial charge in [0.2, 0.25) is 5.91 Å². The average molecular weight is 457 g/mol. The Morgan fingerprint density at radius 1 is 0.882 bits per heavy atom. The number of carbonyl (C=O) groups excluding carboxylic acids is 1. The third-order valence-electron chi connectivity index (χ3n) is 5.86. The van der Waals surface area contributed by atoms with Gasteiger partial charge in [0.15, 0.2) is 17.5 Å². The van der Waals surface area contributed by atoms with Crippen LogP contribution in [-0.4, -0.2) is 21.0 Å². The monoisotopic (exact) mass is 457 g/mol. The first-order valence-electron chi connectivity index (χ1n) is 10.9. The summed E-state index contributed by atoms with van der Waals surface area (Å²) in [5.74, 6) is -2.02. The van der Waals surface area contributed by atoms with Crippen molar-refractivity contribution in [1.82, 2.24) is 9.97 Å². The number of aliphatic hydroxyl groups excluding tert-OH is 1. The zero-order chi connectivity index (χ0) is 23.7. The van der Waals surface area contributed by atoms with E-state index in [1.165, 1.54) is 6.07 Å². The molecule has 0 unspecified atom stereocenters. The van der Waals surface area contributed by atoms with Gasteiger partial charge < -0.3 is 10.4 Å². The number of halogens is 2. The molecule has 0 fully saturated rings. The van der Waals surface area contributed by atoms with Crippen LogP contribution in [0.2, 0.25) is 0 Å². The third-order valence-corrected chi connectivity index (χ3v) is 5.86. The number of aromatic nitrogens is 2. The minimum Gasteiger partial charge on any atom is -0.392 e. The molecule has 1 aromatic heterocycles. The molecule has 0 bridgehead atoms. The lowest BCUT2D eigenvalue weighted by Crippen LogP contribution is -2.19. The highest BCUT2D eigenvalue weighted by atomic mass is 19.2.